The Morgan fingerprint density at radius 2 is 1.67 bits per heavy atom. The Morgan fingerprint density at radius 1 is 0.963 bits per heavy atom. The number of sulfonamides is 1. The van der Waals surface area contributed by atoms with Gasteiger partial charge in [-0.25, -0.2) is 21.6 Å². The van der Waals surface area contributed by atoms with E-state index in [2.05, 4.69) is 4.72 Å². The van der Waals surface area contributed by atoms with Crippen molar-refractivity contribution in [3.05, 3.63) is 48.0 Å². The molecule has 27 heavy (non-hydrogen) atoms. The minimum Gasteiger partial charge on any atom is -0.454 e. The zero-order chi connectivity index (χ0) is 19.9. The molecule has 1 aliphatic rings. The van der Waals surface area contributed by atoms with E-state index in [1.165, 1.54) is 38.1 Å². The molecule has 0 fully saturated rings. The van der Waals surface area contributed by atoms with Crippen LogP contribution in [0, 0.1) is 6.92 Å². The number of hydrogen-bond acceptors (Lipinski definition) is 6. The first kappa shape index (κ1) is 19.7. The zero-order valence-electron chi connectivity index (χ0n) is 15.2. The van der Waals surface area contributed by atoms with Gasteiger partial charge in [-0.05, 0) is 50.6 Å². The summed E-state index contributed by atoms with van der Waals surface area (Å²) < 4.78 is 62.5. The van der Waals surface area contributed by atoms with Crippen molar-refractivity contribution < 1.29 is 26.3 Å². The predicted molar refractivity (Wildman–Crippen MR) is 100 cm³/mol. The van der Waals surface area contributed by atoms with Crippen molar-refractivity contribution in [2.75, 3.05) is 13.3 Å². The molecule has 3 rings (SSSR count). The van der Waals surface area contributed by atoms with E-state index < -0.39 is 24.6 Å². The lowest BCUT2D eigenvalue weighted by atomic mass is 10.2. The smallest absolute Gasteiger partial charge is 0.240 e. The Bertz CT molecular complexity index is 1070. The van der Waals surface area contributed by atoms with Crippen LogP contribution in [0.25, 0.3) is 0 Å². The fourth-order valence-electron chi connectivity index (χ4n) is 2.59. The average molecular weight is 412 g/mol. The summed E-state index contributed by atoms with van der Waals surface area (Å²) in [5, 5.41) is 0. The maximum atomic E-state index is 12.9. The van der Waals surface area contributed by atoms with E-state index in [1.54, 1.807) is 25.1 Å². The zero-order valence-corrected chi connectivity index (χ0v) is 16.9. The van der Waals surface area contributed by atoms with Crippen LogP contribution in [-0.2, 0) is 19.9 Å². The van der Waals surface area contributed by atoms with E-state index in [1.807, 2.05) is 0 Å². The average Bonchev–Trinajstić information content (AvgIpc) is 3.08. The number of benzene rings is 2. The summed E-state index contributed by atoms with van der Waals surface area (Å²) in [5.41, 5.74) is 0.813. The molecule has 0 spiro atoms. The van der Waals surface area contributed by atoms with Gasteiger partial charge in [0, 0.05) is 12.6 Å². The first-order chi connectivity index (χ1) is 12.5. The third-order valence-electron chi connectivity index (χ3n) is 4.37. The lowest BCUT2D eigenvalue weighted by Crippen LogP contribution is -2.44. The highest BCUT2D eigenvalue weighted by atomic mass is 32.2. The van der Waals surface area contributed by atoms with E-state index in [9.17, 15) is 16.8 Å². The SMILES string of the molecule is Cc1cccc(S(=O)(=O)C(C)(C)CNS(=O)(=O)c2ccc3c(c2)OCO3)c1. The van der Waals surface area contributed by atoms with Gasteiger partial charge in [0.1, 0.15) is 0 Å². The van der Waals surface area contributed by atoms with Crippen molar-refractivity contribution in [2.24, 2.45) is 0 Å². The lowest BCUT2D eigenvalue weighted by Gasteiger charge is -2.25. The molecule has 2 aromatic carbocycles. The van der Waals surface area contributed by atoms with Crippen LogP contribution in [0.15, 0.2) is 52.3 Å². The van der Waals surface area contributed by atoms with Gasteiger partial charge in [-0.15, -0.1) is 0 Å². The van der Waals surface area contributed by atoms with E-state index in [0.29, 0.717) is 11.5 Å². The van der Waals surface area contributed by atoms with Crippen LogP contribution in [-0.4, -0.2) is 34.9 Å². The molecule has 0 atom stereocenters. The van der Waals surface area contributed by atoms with E-state index >= 15 is 0 Å². The fraction of sp³-hybridized carbons (Fsp3) is 0.333. The monoisotopic (exact) mass is 411 g/mol. The first-order valence-corrected chi connectivity index (χ1v) is 11.2. The van der Waals surface area contributed by atoms with Crippen LogP contribution in [0.4, 0.5) is 0 Å². The molecular formula is C18H21NO6S2. The molecule has 146 valence electrons. The maximum absolute atomic E-state index is 12.9. The second-order valence-electron chi connectivity index (χ2n) is 6.92. The largest absolute Gasteiger partial charge is 0.454 e. The van der Waals surface area contributed by atoms with Gasteiger partial charge < -0.3 is 9.47 Å². The Balaban J connectivity index is 1.82. The molecule has 1 aliphatic heterocycles. The van der Waals surface area contributed by atoms with Gasteiger partial charge in [0.05, 0.1) is 14.5 Å². The van der Waals surface area contributed by atoms with Crippen molar-refractivity contribution >= 4 is 19.9 Å². The Kier molecular flexibility index (Phi) is 4.96. The Morgan fingerprint density at radius 3 is 2.37 bits per heavy atom. The normalized spacial score (nSPS) is 14.3. The topological polar surface area (TPSA) is 98.8 Å². The lowest BCUT2D eigenvalue weighted by molar-refractivity contribution is 0.174. The highest BCUT2D eigenvalue weighted by Gasteiger charge is 2.37. The van der Waals surface area contributed by atoms with Crippen molar-refractivity contribution in [1.29, 1.82) is 0 Å². The highest BCUT2D eigenvalue weighted by Crippen LogP contribution is 2.34. The van der Waals surface area contributed by atoms with Crippen molar-refractivity contribution in [2.45, 2.75) is 35.3 Å². The maximum Gasteiger partial charge on any atom is 0.240 e. The minimum atomic E-state index is -3.92. The summed E-state index contributed by atoms with van der Waals surface area (Å²) in [7, 11) is -7.66. The highest BCUT2D eigenvalue weighted by molar-refractivity contribution is 7.93. The van der Waals surface area contributed by atoms with Crippen LogP contribution in [0.3, 0.4) is 0 Å². The Hall–Kier alpha value is -2.10. The molecule has 0 aliphatic carbocycles. The van der Waals surface area contributed by atoms with Gasteiger partial charge in [0.2, 0.25) is 16.8 Å². The summed E-state index contributed by atoms with van der Waals surface area (Å²) in [4.78, 5) is 0.144. The standard InChI is InChI=1S/C18H21NO6S2/c1-13-5-4-6-14(9-13)26(20,21)18(2,3)11-19-27(22,23)15-7-8-16-17(10-15)25-12-24-16/h4-10,19H,11-12H2,1-3H3. The van der Waals surface area contributed by atoms with Crippen LogP contribution < -0.4 is 14.2 Å². The van der Waals surface area contributed by atoms with Crippen LogP contribution in [0.5, 0.6) is 11.5 Å². The molecular weight excluding hydrogens is 390 g/mol. The molecule has 0 saturated carbocycles. The summed E-state index contributed by atoms with van der Waals surface area (Å²) in [6.07, 6.45) is 0. The number of hydrogen-bond donors (Lipinski definition) is 1. The van der Waals surface area contributed by atoms with E-state index in [4.69, 9.17) is 9.47 Å². The number of rotatable bonds is 6. The van der Waals surface area contributed by atoms with Gasteiger partial charge in [-0.3, -0.25) is 0 Å². The van der Waals surface area contributed by atoms with E-state index in [0.717, 1.165) is 5.56 Å². The second-order valence-corrected chi connectivity index (χ2v) is 11.3. The second kappa shape index (κ2) is 6.81. The van der Waals surface area contributed by atoms with Gasteiger partial charge >= 0.3 is 0 Å². The number of sulfone groups is 1. The van der Waals surface area contributed by atoms with E-state index in [-0.39, 0.29) is 23.1 Å². The van der Waals surface area contributed by atoms with Gasteiger partial charge in [0.15, 0.2) is 21.3 Å². The minimum absolute atomic E-state index is 0.0181. The van der Waals surface area contributed by atoms with Crippen molar-refractivity contribution in [3.63, 3.8) is 0 Å². The van der Waals surface area contributed by atoms with Gasteiger partial charge in [0.25, 0.3) is 0 Å². The van der Waals surface area contributed by atoms with Crippen molar-refractivity contribution in [3.8, 4) is 11.5 Å². The first-order valence-electron chi connectivity index (χ1n) is 8.24. The fourth-order valence-corrected chi connectivity index (χ4v) is 5.41. The summed E-state index contributed by atoms with van der Waals surface area (Å²) >= 11 is 0. The molecule has 7 nitrogen and oxygen atoms in total. The summed E-state index contributed by atoms with van der Waals surface area (Å²) in [6.45, 7) is 4.54. The molecule has 0 unspecified atom stereocenters. The third-order valence-corrected chi connectivity index (χ3v) is 8.24. The van der Waals surface area contributed by atoms with Crippen LogP contribution in [0.2, 0.25) is 0 Å². The van der Waals surface area contributed by atoms with Crippen molar-refractivity contribution in [1.82, 2.24) is 4.72 Å². The molecule has 1 heterocycles. The molecule has 0 amide bonds. The molecule has 0 saturated heterocycles. The third kappa shape index (κ3) is 3.80. The molecule has 9 heteroatoms. The van der Waals surface area contributed by atoms with Crippen LogP contribution in [0.1, 0.15) is 19.4 Å². The van der Waals surface area contributed by atoms with Crippen LogP contribution >= 0.6 is 0 Å². The number of nitrogens with one attached hydrogen (secondary N) is 1. The predicted octanol–water partition coefficient (Wildman–Crippen LogP) is 2.25. The molecule has 1 N–H and O–H groups in total. The molecule has 0 radical (unpaired) electrons. The number of aryl methyl sites for hydroxylation is 1. The molecule has 0 bridgehead atoms. The summed E-state index contributed by atoms with van der Waals surface area (Å²) in [5.74, 6) is 0.806. The van der Waals surface area contributed by atoms with Gasteiger partial charge in [-0.2, -0.15) is 0 Å². The number of fused-ring (bicyclic) bond motifs is 1. The van der Waals surface area contributed by atoms with Gasteiger partial charge in [-0.1, -0.05) is 12.1 Å². The quantitative estimate of drug-likeness (QED) is 0.783. The molecule has 2 aromatic rings. The molecule has 0 aromatic heterocycles. The number of ether oxygens (including phenoxy) is 2. The Labute approximate surface area is 159 Å². The summed E-state index contributed by atoms with van der Waals surface area (Å²) in [6, 6.07) is 10.8.